The highest BCUT2D eigenvalue weighted by Crippen LogP contribution is 2.22. The Morgan fingerprint density at radius 3 is 2.59 bits per heavy atom. The maximum atomic E-state index is 13.1. The molecule has 0 aliphatic carbocycles. The second kappa shape index (κ2) is 15.7. The molecule has 1 aromatic heterocycles. The fourth-order valence-electron chi connectivity index (χ4n) is 3.96. The maximum Gasteiger partial charge on any atom is 0.330 e. The van der Waals surface area contributed by atoms with E-state index < -0.39 is 6.03 Å². The molecule has 2 aromatic carbocycles. The Bertz CT molecular complexity index is 1270. The third kappa shape index (κ3) is 9.82. The van der Waals surface area contributed by atoms with Gasteiger partial charge in [-0.25, -0.2) is 19.8 Å². The summed E-state index contributed by atoms with van der Waals surface area (Å²) in [6.45, 7) is 1.68. The Labute approximate surface area is 244 Å². The van der Waals surface area contributed by atoms with Crippen molar-refractivity contribution in [1.29, 1.82) is 0 Å². The minimum absolute atomic E-state index is 0.184. The van der Waals surface area contributed by atoms with E-state index in [-0.39, 0.29) is 24.8 Å². The van der Waals surface area contributed by atoms with Crippen LogP contribution in [0.25, 0.3) is 0 Å². The van der Waals surface area contributed by atoms with Gasteiger partial charge in [0.15, 0.2) is 6.29 Å². The Hall–Kier alpha value is -4.06. The molecule has 0 spiro atoms. The van der Waals surface area contributed by atoms with Gasteiger partial charge in [-0.3, -0.25) is 15.0 Å². The molecule has 0 radical (unpaired) electrons. The molecule has 0 bridgehead atoms. The van der Waals surface area contributed by atoms with Gasteiger partial charge in [0, 0.05) is 44.2 Å². The van der Waals surface area contributed by atoms with Crippen molar-refractivity contribution in [2.75, 3.05) is 26.8 Å². The smallest absolute Gasteiger partial charge is 0.330 e. The van der Waals surface area contributed by atoms with E-state index in [2.05, 4.69) is 20.3 Å². The molecule has 0 saturated carbocycles. The van der Waals surface area contributed by atoms with Gasteiger partial charge >= 0.3 is 12.0 Å². The minimum atomic E-state index is -0.600. The first kappa shape index (κ1) is 29.9. The minimum Gasteiger partial charge on any atom is -0.424 e. The zero-order valence-electron chi connectivity index (χ0n) is 22.8. The Morgan fingerprint density at radius 2 is 1.90 bits per heavy atom. The summed E-state index contributed by atoms with van der Waals surface area (Å²) in [4.78, 5) is 40.4. The maximum absolute atomic E-state index is 13.1. The summed E-state index contributed by atoms with van der Waals surface area (Å²) < 4.78 is 16.9. The van der Waals surface area contributed by atoms with Crippen molar-refractivity contribution in [1.82, 2.24) is 25.1 Å². The van der Waals surface area contributed by atoms with Gasteiger partial charge < -0.3 is 19.1 Å². The molecule has 1 atom stereocenters. The Balaban J connectivity index is 1.42. The molecule has 1 aliphatic rings. The van der Waals surface area contributed by atoms with E-state index in [1.165, 1.54) is 0 Å². The number of nitrogens with one attached hydrogen (secondary N) is 1. The zero-order chi connectivity index (χ0) is 28.9. The number of rotatable bonds is 11. The number of hydrogen-bond donors (Lipinski definition) is 1. The van der Waals surface area contributed by atoms with Crippen LogP contribution in [0.1, 0.15) is 31.2 Å². The number of aliphatic imine (C=N–C) groups is 1. The van der Waals surface area contributed by atoms with E-state index in [4.69, 9.17) is 25.8 Å². The summed E-state index contributed by atoms with van der Waals surface area (Å²) in [5.74, 6) is 0.784. The van der Waals surface area contributed by atoms with Gasteiger partial charge in [-0.1, -0.05) is 23.7 Å². The van der Waals surface area contributed by atoms with Crippen molar-refractivity contribution in [3.05, 3.63) is 77.6 Å². The zero-order valence-corrected chi connectivity index (χ0v) is 23.6. The molecule has 41 heavy (non-hydrogen) atoms. The second-order valence-corrected chi connectivity index (χ2v) is 9.73. The molecular formula is C29H33ClN6O5. The molecule has 216 valence electrons. The van der Waals surface area contributed by atoms with Crippen LogP contribution in [0, 0.1) is 0 Å². The van der Waals surface area contributed by atoms with Crippen LogP contribution in [0.2, 0.25) is 5.02 Å². The first-order valence-electron chi connectivity index (χ1n) is 13.4. The molecule has 3 amide bonds. The number of ether oxygens (including phenoxy) is 3. The molecule has 12 heteroatoms. The average Bonchev–Trinajstić information content (AvgIpc) is 3.00. The van der Waals surface area contributed by atoms with Crippen LogP contribution in [0.4, 0.5) is 10.5 Å². The highest BCUT2D eigenvalue weighted by molar-refractivity contribution is 6.30. The first-order chi connectivity index (χ1) is 20.0. The van der Waals surface area contributed by atoms with Crippen LogP contribution in [0.5, 0.6) is 11.8 Å². The average molecular weight is 581 g/mol. The predicted octanol–water partition coefficient (Wildman–Crippen LogP) is 5.14. The quantitative estimate of drug-likeness (QED) is 0.143. The molecule has 3 aromatic rings. The van der Waals surface area contributed by atoms with Gasteiger partial charge in [-0.05, 0) is 73.7 Å². The molecular weight excluding hydrogens is 548 g/mol. The highest BCUT2D eigenvalue weighted by Gasteiger charge is 2.19. The number of halogens is 1. The lowest BCUT2D eigenvalue weighted by Gasteiger charge is -2.25. The third-order valence-corrected chi connectivity index (χ3v) is 6.36. The fourth-order valence-corrected chi connectivity index (χ4v) is 4.09. The molecule has 1 aliphatic heterocycles. The number of carbonyl (C=O) groups is 2. The molecule has 2 heterocycles. The van der Waals surface area contributed by atoms with Crippen molar-refractivity contribution >= 4 is 35.7 Å². The lowest BCUT2D eigenvalue weighted by Crippen LogP contribution is -2.48. The fraction of sp³-hybridized carbons (Fsp3) is 0.345. The summed E-state index contributed by atoms with van der Waals surface area (Å²) in [7, 11) is 1.79. The third-order valence-electron chi connectivity index (χ3n) is 6.11. The number of benzene rings is 2. The van der Waals surface area contributed by atoms with Gasteiger partial charge in [-0.15, -0.1) is 0 Å². The van der Waals surface area contributed by atoms with Crippen molar-refractivity contribution < 1.29 is 23.8 Å². The summed E-state index contributed by atoms with van der Waals surface area (Å²) in [5, 5.41) is 3.41. The van der Waals surface area contributed by atoms with Crippen LogP contribution < -0.4 is 10.1 Å². The number of carbonyl (C=O) groups excluding carboxylic acids is 2. The number of imide groups is 1. The van der Waals surface area contributed by atoms with Crippen LogP contribution in [0.3, 0.4) is 0 Å². The van der Waals surface area contributed by atoms with Crippen molar-refractivity contribution in [2.45, 2.75) is 38.5 Å². The lowest BCUT2D eigenvalue weighted by molar-refractivity contribution is -0.162. The summed E-state index contributed by atoms with van der Waals surface area (Å²) in [5.41, 5.74) is 1.52. The number of guanidine groups is 1. The summed E-state index contributed by atoms with van der Waals surface area (Å²) >= 11 is 6.03. The van der Waals surface area contributed by atoms with Crippen LogP contribution in [-0.4, -0.2) is 71.3 Å². The largest absolute Gasteiger partial charge is 0.424 e. The topological polar surface area (TPSA) is 118 Å². The lowest BCUT2D eigenvalue weighted by atomic mass is 10.2. The van der Waals surface area contributed by atoms with E-state index in [9.17, 15) is 9.59 Å². The normalized spacial score (nSPS) is 15.2. The van der Waals surface area contributed by atoms with E-state index in [1.54, 1.807) is 66.8 Å². The van der Waals surface area contributed by atoms with Gasteiger partial charge in [0.05, 0.1) is 12.3 Å². The number of nitrogens with zero attached hydrogens (tertiary/aromatic N) is 5. The number of amides is 3. The summed E-state index contributed by atoms with van der Waals surface area (Å²) in [6, 6.07) is 15.6. The van der Waals surface area contributed by atoms with Gasteiger partial charge in [-0.2, -0.15) is 0 Å². The van der Waals surface area contributed by atoms with E-state index in [1.807, 2.05) is 12.1 Å². The number of aromatic nitrogens is 2. The van der Waals surface area contributed by atoms with Crippen molar-refractivity contribution in [2.24, 2.45) is 4.99 Å². The van der Waals surface area contributed by atoms with Crippen LogP contribution >= 0.6 is 11.6 Å². The van der Waals surface area contributed by atoms with Crippen LogP contribution in [-0.2, 0) is 20.8 Å². The Kier molecular flexibility index (Phi) is 11.4. The van der Waals surface area contributed by atoms with E-state index in [0.717, 1.165) is 29.7 Å². The van der Waals surface area contributed by atoms with Crippen molar-refractivity contribution in [3.63, 3.8) is 0 Å². The summed E-state index contributed by atoms with van der Waals surface area (Å²) in [6.07, 6.45) is 6.89. The monoisotopic (exact) mass is 580 g/mol. The molecule has 1 saturated heterocycles. The highest BCUT2D eigenvalue weighted by atomic mass is 35.5. The molecule has 1 N–H and O–H groups in total. The second-order valence-electron chi connectivity index (χ2n) is 9.29. The molecule has 1 unspecified atom stereocenters. The van der Waals surface area contributed by atoms with Gasteiger partial charge in [0.1, 0.15) is 5.75 Å². The van der Waals surface area contributed by atoms with Gasteiger partial charge in [0.2, 0.25) is 12.4 Å². The SMILES string of the molecule is CN(Cc1ccc(Cl)cc1)C(=Nc1ccc(Oc2ncccn2)cc1)NC(=O)N(C=O)CCCOC1CCCCO1. The van der Waals surface area contributed by atoms with E-state index >= 15 is 0 Å². The van der Waals surface area contributed by atoms with Gasteiger partial charge in [0.25, 0.3) is 0 Å². The Morgan fingerprint density at radius 1 is 1.15 bits per heavy atom. The predicted molar refractivity (Wildman–Crippen MR) is 154 cm³/mol. The van der Waals surface area contributed by atoms with E-state index in [0.29, 0.717) is 49.0 Å². The first-order valence-corrected chi connectivity index (χ1v) is 13.7. The van der Waals surface area contributed by atoms with Crippen LogP contribution in [0.15, 0.2) is 72.0 Å². The molecule has 1 fully saturated rings. The molecule has 4 rings (SSSR count). The standard InChI is InChI=1S/C29H33ClN6O5/c1-35(20-22-7-9-23(30)10-8-22)27(33-24-11-13-25(14-12-24)41-28-31-15-4-16-32-28)34-29(38)36(21-37)17-5-19-40-26-6-2-3-18-39-26/h4,7-16,21,26H,2-3,5-6,17-20H2,1H3,(H,33,34,38). The van der Waals surface area contributed by atoms with Crippen molar-refractivity contribution in [3.8, 4) is 11.8 Å². The number of hydrogen-bond acceptors (Lipinski definition) is 8. The number of urea groups is 1. The molecule has 11 nitrogen and oxygen atoms in total.